The third kappa shape index (κ3) is 5.19. The van der Waals surface area contributed by atoms with Gasteiger partial charge in [0.1, 0.15) is 11.9 Å². The molecule has 2 aromatic rings. The number of fused-ring (bicyclic) bond motifs is 1. The summed E-state index contributed by atoms with van der Waals surface area (Å²) < 4.78 is 11.7. The normalized spacial score (nSPS) is 22.4. The Morgan fingerprint density at radius 2 is 2.04 bits per heavy atom. The molecule has 3 atom stereocenters. The van der Waals surface area contributed by atoms with Crippen LogP contribution in [0.25, 0.3) is 10.2 Å². The molecule has 27 heavy (non-hydrogen) atoms. The highest BCUT2D eigenvalue weighted by Crippen LogP contribution is 2.31. The van der Waals surface area contributed by atoms with E-state index >= 15 is 0 Å². The molecule has 1 fully saturated rings. The van der Waals surface area contributed by atoms with E-state index in [1.165, 1.54) is 11.3 Å². The fourth-order valence-electron chi connectivity index (χ4n) is 3.33. The maximum atomic E-state index is 12.1. The minimum atomic E-state index is -0.300. The molecule has 0 saturated heterocycles. The topological polar surface area (TPSA) is 77.5 Å². The molecule has 0 spiro atoms. The summed E-state index contributed by atoms with van der Waals surface area (Å²) in [6.45, 7) is 4.44. The van der Waals surface area contributed by atoms with Crippen molar-refractivity contribution in [3.05, 3.63) is 18.2 Å². The lowest BCUT2D eigenvalue weighted by Gasteiger charge is -2.31. The van der Waals surface area contributed by atoms with Gasteiger partial charge in [-0.3, -0.25) is 9.59 Å². The molecule has 0 aliphatic heterocycles. The van der Waals surface area contributed by atoms with Gasteiger partial charge in [0.05, 0.1) is 23.7 Å². The lowest BCUT2D eigenvalue weighted by Crippen LogP contribution is -2.29. The van der Waals surface area contributed by atoms with Crippen molar-refractivity contribution in [1.82, 2.24) is 4.98 Å². The monoisotopic (exact) mass is 390 g/mol. The summed E-state index contributed by atoms with van der Waals surface area (Å²) in [6, 6.07) is 5.56. The van der Waals surface area contributed by atoms with Crippen LogP contribution < -0.4 is 10.1 Å². The van der Waals surface area contributed by atoms with Gasteiger partial charge in [-0.1, -0.05) is 25.2 Å². The average Bonchev–Trinajstić information content (AvgIpc) is 3.04. The van der Waals surface area contributed by atoms with E-state index in [0.717, 1.165) is 35.2 Å². The van der Waals surface area contributed by atoms with Gasteiger partial charge in [-0.2, -0.15) is 0 Å². The first-order valence-corrected chi connectivity index (χ1v) is 10.2. The summed E-state index contributed by atoms with van der Waals surface area (Å²) in [4.78, 5) is 28.5. The number of aromatic nitrogens is 1. The maximum Gasteiger partial charge on any atom is 0.306 e. The second kappa shape index (κ2) is 8.69. The van der Waals surface area contributed by atoms with Crippen molar-refractivity contribution in [3.8, 4) is 5.75 Å². The number of carbonyl (C=O) groups excluding carboxylic acids is 2. The highest BCUT2D eigenvalue weighted by molar-refractivity contribution is 7.22. The van der Waals surface area contributed by atoms with Crippen molar-refractivity contribution in [2.75, 3.05) is 12.4 Å². The van der Waals surface area contributed by atoms with Crippen molar-refractivity contribution in [1.29, 1.82) is 0 Å². The van der Waals surface area contributed by atoms with Crippen LogP contribution in [0.1, 0.15) is 46.0 Å². The summed E-state index contributed by atoms with van der Waals surface area (Å²) in [5.41, 5.74) is 0.802. The maximum absolute atomic E-state index is 12.1. The molecule has 1 aliphatic rings. The Bertz CT molecular complexity index is 819. The Balaban J connectivity index is 1.46. The van der Waals surface area contributed by atoms with E-state index in [4.69, 9.17) is 9.47 Å². The van der Waals surface area contributed by atoms with Crippen LogP contribution in [0.2, 0.25) is 0 Å². The third-order valence-electron chi connectivity index (χ3n) is 5.25. The van der Waals surface area contributed by atoms with E-state index < -0.39 is 0 Å². The van der Waals surface area contributed by atoms with E-state index in [2.05, 4.69) is 24.1 Å². The lowest BCUT2D eigenvalue weighted by atomic mass is 9.80. The second-order valence-electron chi connectivity index (χ2n) is 7.28. The van der Waals surface area contributed by atoms with Gasteiger partial charge in [0.2, 0.25) is 5.91 Å². The SMILES string of the molecule is COc1ccc2nc(NC(=O)CCC(=O)O[C@@H]3CC[C@H](C)[C@H](C)C3)sc2c1. The molecule has 1 saturated carbocycles. The summed E-state index contributed by atoms with van der Waals surface area (Å²) in [5, 5.41) is 3.28. The Hall–Kier alpha value is -2.15. The minimum Gasteiger partial charge on any atom is -0.497 e. The number of methoxy groups -OCH3 is 1. The van der Waals surface area contributed by atoms with Crippen molar-refractivity contribution in [3.63, 3.8) is 0 Å². The van der Waals surface area contributed by atoms with E-state index in [9.17, 15) is 9.59 Å². The molecule has 7 heteroatoms. The Labute approximate surface area is 163 Å². The largest absolute Gasteiger partial charge is 0.497 e. The lowest BCUT2D eigenvalue weighted by molar-refractivity contribution is -0.152. The number of nitrogens with zero attached hydrogens (tertiary/aromatic N) is 1. The molecule has 0 bridgehead atoms. The fourth-order valence-corrected chi connectivity index (χ4v) is 4.24. The molecule has 1 aromatic carbocycles. The van der Waals surface area contributed by atoms with Gasteiger partial charge in [0, 0.05) is 6.42 Å². The average molecular weight is 391 g/mol. The van der Waals surface area contributed by atoms with Crippen LogP contribution in [0, 0.1) is 11.8 Å². The molecule has 146 valence electrons. The van der Waals surface area contributed by atoms with Gasteiger partial charge >= 0.3 is 5.97 Å². The molecule has 1 amide bonds. The standard InChI is InChI=1S/C20H26N2O4S/c1-12-4-5-15(10-13(12)2)26-19(24)9-8-18(23)22-20-21-16-7-6-14(25-3)11-17(16)27-20/h6-7,11-13,15H,4-5,8-10H2,1-3H3,(H,21,22,23)/t12-,13+,15+/m0/s1. The van der Waals surface area contributed by atoms with Crippen molar-refractivity contribution in [2.45, 2.75) is 52.1 Å². The van der Waals surface area contributed by atoms with Crippen LogP contribution in [0.5, 0.6) is 5.75 Å². The number of ether oxygens (including phenoxy) is 2. The van der Waals surface area contributed by atoms with E-state index in [1.54, 1.807) is 7.11 Å². The molecule has 0 radical (unpaired) electrons. The van der Waals surface area contributed by atoms with E-state index in [-0.39, 0.29) is 30.8 Å². The first-order valence-electron chi connectivity index (χ1n) is 9.38. The Kier molecular flexibility index (Phi) is 6.31. The number of anilines is 1. The molecule has 6 nitrogen and oxygen atoms in total. The highest BCUT2D eigenvalue weighted by Gasteiger charge is 2.27. The molecule has 3 rings (SSSR count). The molecule has 1 heterocycles. The van der Waals surface area contributed by atoms with Gasteiger partial charge in [0.25, 0.3) is 0 Å². The van der Waals surface area contributed by atoms with Gasteiger partial charge < -0.3 is 14.8 Å². The molecule has 1 aromatic heterocycles. The van der Waals surface area contributed by atoms with Crippen LogP contribution in [0.3, 0.4) is 0 Å². The number of amides is 1. The Morgan fingerprint density at radius 1 is 1.22 bits per heavy atom. The van der Waals surface area contributed by atoms with Crippen LogP contribution in [-0.2, 0) is 14.3 Å². The van der Waals surface area contributed by atoms with Crippen LogP contribution in [-0.4, -0.2) is 30.1 Å². The van der Waals surface area contributed by atoms with Gasteiger partial charge in [-0.05, 0) is 49.3 Å². The summed E-state index contributed by atoms with van der Waals surface area (Å²) in [6.07, 6.45) is 3.09. The molecule has 1 N–H and O–H groups in total. The zero-order chi connectivity index (χ0) is 19.4. The molecular formula is C20H26N2O4S. The highest BCUT2D eigenvalue weighted by atomic mass is 32.1. The van der Waals surface area contributed by atoms with Crippen molar-refractivity contribution in [2.24, 2.45) is 11.8 Å². The summed E-state index contributed by atoms with van der Waals surface area (Å²) in [5.74, 6) is 1.46. The number of hydrogen-bond acceptors (Lipinski definition) is 6. The molecule has 0 unspecified atom stereocenters. The van der Waals surface area contributed by atoms with Gasteiger partial charge in [-0.25, -0.2) is 4.98 Å². The number of benzene rings is 1. The number of esters is 1. The minimum absolute atomic E-state index is 0.00833. The van der Waals surface area contributed by atoms with Crippen LogP contribution >= 0.6 is 11.3 Å². The summed E-state index contributed by atoms with van der Waals surface area (Å²) in [7, 11) is 1.61. The first kappa shape index (κ1) is 19.6. The number of thiazole rings is 1. The summed E-state index contributed by atoms with van der Waals surface area (Å²) >= 11 is 1.38. The predicted octanol–water partition coefficient (Wildman–Crippen LogP) is 4.39. The zero-order valence-electron chi connectivity index (χ0n) is 16.0. The number of carbonyl (C=O) groups is 2. The fraction of sp³-hybridized carbons (Fsp3) is 0.550. The van der Waals surface area contributed by atoms with Gasteiger partial charge in [-0.15, -0.1) is 0 Å². The van der Waals surface area contributed by atoms with Crippen molar-refractivity contribution < 1.29 is 19.1 Å². The van der Waals surface area contributed by atoms with Crippen molar-refractivity contribution >= 4 is 38.6 Å². The first-order chi connectivity index (χ1) is 12.9. The number of rotatable bonds is 6. The van der Waals surface area contributed by atoms with Gasteiger partial charge in [0.15, 0.2) is 5.13 Å². The smallest absolute Gasteiger partial charge is 0.306 e. The number of nitrogens with one attached hydrogen (secondary N) is 1. The predicted molar refractivity (Wildman–Crippen MR) is 106 cm³/mol. The third-order valence-corrected chi connectivity index (χ3v) is 6.18. The van der Waals surface area contributed by atoms with E-state index in [1.807, 2.05) is 18.2 Å². The zero-order valence-corrected chi connectivity index (χ0v) is 16.8. The van der Waals surface area contributed by atoms with E-state index in [0.29, 0.717) is 17.0 Å². The van der Waals surface area contributed by atoms with Crippen LogP contribution in [0.4, 0.5) is 5.13 Å². The molecular weight excluding hydrogens is 364 g/mol. The number of hydrogen-bond donors (Lipinski definition) is 1. The Morgan fingerprint density at radius 3 is 2.78 bits per heavy atom. The second-order valence-corrected chi connectivity index (χ2v) is 8.31. The quantitative estimate of drug-likeness (QED) is 0.740. The van der Waals surface area contributed by atoms with Crippen LogP contribution in [0.15, 0.2) is 18.2 Å². The molecule has 1 aliphatic carbocycles.